The van der Waals surface area contributed by atoms with Crippen LogP contribution in [-0.4, -0.2) is 6.09 Å². The molecule has 0 unspecified atom stereocenters. The van der Waals surface area contributed by atoms with Crippen LogP contribution < -0.4 is 16.1 Å². The SMILES string of the molecule is NC(=O)OCc1ccc2c(c1)NOO2. The Labute approximate surface area is 79.4 Å². The van der Waals surface area contributed by atoms with Crippen molar-refractivity contribution in [1.82, 2.24) is 0 Å². The van der Waals surface area contributed by atoms with Crippen LogP contribution in [0.2, 0.25) is 0 Å². The molecule has 0 radical (unpaired) electrons. The summed E-state index contributed by atoms with van der Waals surface area (Å²) >= 11 is 0. The number of amides is 1. The van der Waals surface area contributed by atoms with Gasteiger partial charge < -0.3 is 15.4 Å². The topological polar surface area (TPSA) is 82.8 Å². The maximum atomic E-state index is 10.3. The monoisotopic (exact) mass is 196 g/mol. The first kappa shape index (κ1) is 8.64. The number of anilines is 1. The lowest BCUT2D eigenvalue weighted by atomic mass is 10.2. The molecule has 1 aliphatic heterocycles. The summed E-state index contributed by atoms with van der Waals surface area (Å²) in [5.74, 6) is 0.591. The predicted molar refractivity (Wildman–Crippen MR) is 46.2 cm³/mol. The highest BCUT2D eigenvalue weighted by molar-refractivity contribution is 5.64. The third-order valence-corrected chi connectivity index (χ3v) is 1.71. The van der Waals surface area contributed by atoms with Crippen LogP contribution in [0.5, 0.6) is 5.75 Å². The van der Waals surface area contributed by atoms with Gasteiger partial charge in [-0.25, -0.2) is 10.3 Å². The number of ether oxygens (including phenoxy) is 1. The van der Waals surface area contributed by atoms with Crippen molar-refractivity contribution in [1.29, 1.82) is 0 Å². The van der Waals surface area contributed by atoms with E-state index < -0.39 is 6.09 Å². The Hall–Kier alpha value is -1.95. The van der Waals surface area contributed by atoms with E-state index in [9.17, 15) is 4.79 Å². The number of primary amides is 1. The summed E-state index contributed by atoms with van der Waals surface area (Å²) in [6.07, 6.45) is -0.800. The molecule has 1 aliphatic rings. The van der Waals surface area contributed by atoms with Gasteiger partial charge in [0.05, 0.1) is 0 Å². The molecule has 0 spiro atoms. The zero-order chi connectivity index (χ0) is 9.97. The van der Waals surface area contributed by atoms with E-state index in [1.54, 1.807) is 18.2 Å². The smallest absolute Gasteiger partial charge is 0.404 e. The van der Waals surface area contributed by atoms with Gasteiger partial charge in [0.15, 0.2) is 5.75 Å². The molecule has 0 atom stereocenters. The third-order valence-electron chi connectivity index (χ3n) is 1.71. The Morgan fingerprint density at radius 1 is 1.57 bits per heavy atom. The molecule has 1 heterocycles. The number of nitrogens with two attached hydrogens (primary N) is 1. The van der Waals surface area contributed by atoms with E-state index >= 15 is 0 Å². The molecule has 0 fully saturated rings. The van der Waals surface area contributed by atoms with Gasteiger partial charge in [-0.15, -0.1) is 0 Å². The second kappa shape index (κ2) is 3.43. The Bertz CT molecular complexity index is 366. The molecule has 1 aromatic rings. The third kappa shape index (κ3) is 1.69. The lowest BCUT2D eigenvalue weighted by molar-refractivity contribution is -0.160. The highest BCUT2D eigenvalue weighted by atomic mass is 17.3. The first-order chi connectivity index (χ1) is 6.75. The molecule has 0 saturated heterocycles. The van der Waals surface area contributed by atoms with Gasteiger partial charge in [0.2, 0.25) is 0 Å². The van der Waals surface area contributed by atoms with E-state index in [2.05, 4.69) is 15.2 Å². The van der Waals surface area contributed by atoms with Gasteiger partial charge in [-0.3, -0.25) is 0 Å². The molecule has 1 aromatic carbocycles. The molecule has 6 nitrogen and oxygen atoms in total. The normalized spacial score (nSPS) is 12.6. The minimum Gasteiger partial charge on any atom is -0.445 e. The van der Waals surface area contributed by atoms with Crippen molar-refractivity contribution in [3.05, 3.63) is 23.8 Å². The van der Waals surface area contributed by atoms with E-state index in [1.807, 2.05) is 0 Å². The Kier molecular flexibility index (Phi) is 2.11. The molecule has 74 valence electrons. The summed E-state index contributed by atoms with van der Waals surface area (Å²) in [5, 5.41) is 0. The number of fused-ring (bicyclic) bond motifs is 1. The fourth-order valence-electron chi connectivity index (χ4n) is 1.08. The molecule has 3 N–H and O–H groups in total. The summed E-state index contributed by atoms with van der Waals surface area (Å²) in [4.78, 5) is 19.6. The van der Waals surface area contributed by atoms with Crippen LogP contribution in [0.15, 0.2) is 18.2 Å². The summed E-state index contributed by atoms with van der Waals surface area (Å²) in [7, 11) is 0. The van der Waals surface area contributed by atoms with Crippen molar-refractivity contribution >= 4 is 11.8 Å². The molecule has 0 saturated carbocycles. The van der Waals surface area contributed by atoms with E-state index in [4.69, 9.17) is 10.6 Å². The average molecular weight is 196 g/mol. The summed E-state index contributed by atoms with van der Waals surface area (Å²) in [6.45, 7) is 0.129. The number of rotatable bonds is 2. The number of hydrogen-bond acceptors (Lipinski definition) is 5. The van der Waals surface area contributed by atoms with Crippen LogP contribution in [0.1, 0.15) is 5.56 Å². The molecule has 0 aliphatic carbocycles. The lowest BCUT2D eigenvalue weighted by Gasteiger charge is -2.01. The first-order valence-corrected chi connectivity index (χ1v) is 3.90. The maximum absolute atomic E-state index is 10.3. The van der Waals surface area contributed by atoms with E-state index in [0.29, 0.717) is 11.4 Å². The number of hydrogen-bond donors (Lipinski definition) is 2. The molecule has 0 aromatic heterocycles. The Morgan fingerprint density at radius 2 is 2.43 bits per heavy atom. The molecular weight excluding hydrogens is 188 g/mol. The van der Waals surface area contributed by atoms with Crippen molar-refractivity contribution in [2.45, 2.75) is 6.61 Å². The van der Waals surface area contributed by atoms with Crippen LogP contribution in [-0.2, 0) is 16.3 Å². The van der Waals surface area contributed by atoms with Gasteiger partial charge in [0.1, 0.15) is 12.3 Å². The number of benzene rings is 1. The zero-order valence-corrected chi connectivity index (χ0v) is 7.15. The molecular formula is C8H8N2O4. The zero-order valence-electron chi connectivity index (χ0n) is 7.15. The fraction of sp³-hybridized carbons (Fsp3) is 0.125. The molecule has 6 heteroatoms. The highest BCUT2D eigenvalue weighted by Crippen LogP contribution is 2.30. The number of carbonyl (C=O) groups excluding carboxylic acids is 1. The number of nitrogens with one attached hydrogen (secondary N) is 1. The molecule has 2 rings (SSSR count). The Morgan fingerprint density at radius 3 is 3.21 bits per heavy atom. The highest BCUT2D eigenvalue weighted by Gasteiger charge is 2.13. The van der Waals surface area contributed by atoms with Crippen LogP contribution in [0, 0.1) is 0 Å². The molecule has 14 heavy (non-hydrogen) atoms. The standard InChI is InChI=1S/C8H8N2O4/c9-8(11)12-4-5-1-2-7-6(3-5)10-14-13-7/h1-3,10H,4H2,(H2,9,11). The average Bonchev–Trinajstić information content (AvgIpc) is 2.61. The van der Waals surface area contributed by atoms with Crippen molar-refractivity contribution in [2.75, 3.05) is 5.48 Å². The van der Waals surface area contributed by atoms with Crippen LogP contribution in [0.25, 0.3) is 0 Å². The molecule has 1 amide bonds. The summed E-state index contributed by atoms with van der Waals surface area (Å²) in [6, 6.07) is 5.19. The summed E-state index contributed by atoms with van der Waals surface area (Å²) < 4.78 is 4.62. The van der Waals surface area contributed by atoms with Gasteiger partial charge in [-0.2, -0.15) is 0 Å². The largest absolute Gasteiger partial charge is 0.445 e. The number of carbonyl (C=O) groups is 1. The van der Waals surface area contributed by atoms with Crippen molar-refractivity contribution in [2.24, 2.45) is 5.73 Å². The lowest BCUT2D eigenvalue weighted by Crippen LogP contribution is -2.12. The fourth-order valence-corrected chi connectivity index (χ4v) is 1.08. The maximum Gasteiger partial charge on any atom is 0.404 e. The van der Waals surface area contributed by atoms with Gasteiger partial charge in [0.25, 0.3) is 0 Å². The predicted octanol–water partition coefficient (Wildman–Crippen LogP) is 0.933. The first-order valence-electron chi connectivity index (χ1n) is 3.90. The van der Waals surface area contributed by atoms with Crippen LogP contribution >= 0.6 is 0 Å². The Balaban J connectivity index is 2.09. The van der Waals surface area contributed by atoms with Crippen molar-refractivity contribution in [3.8, 4) is 5.75 Å². The quantitative estimate of drug-likeness (QED) is 0.687. The summed E-state index contributed by atoms with van der Waals surface area (Å²) in [5.41, 5.74) is 8.85. The van der Waals surface area contributed by atoms with Gasteiger partial charge >= 0.3 is 6.09 Å². The van der Waals surface area contributed by atoms with E-state index in [-0.39, 0.29) is 6.61 Å². The van der Waals surface area contributed by atoms with Crippen molar-refractivity contribution < 1.29 is 19.4 Å². The van der Waals surface area contributed by atoms with Crippen molar-refractivity contribution in [3.63, 3.8) is 0 Å². The van der Waals surface area contributed by atoms with Crippen LogP contribution in [0.3, 0.4) is 0 Å². The second-order valence-corrected chi connectivity index (χ2v) is 2.71. The van der Waals surface area contributed by atoms with Crippen LogP contribution in [0.4, 0.5) is 10.5 Å². The minimum absolute atomic E-state index is 0.129. The second-order valence-electron chi connectivity index (χ2n) is 2.71. The van der Waals surface area contributed by atoms with Gasteiger partial charge in [-0.1, -0.05) is 11.1 Å². The van der Waals surface area contributed by atoms with E-state index in [1.165, 1.54) is 0 Å². The molecule has 0 bridgehead atoms. The van der Waals surface area contributed by atoms with E-state index in [0.717, 1.165) is 5.56 Å². The van der Waals surface area contributed by atoms with Gasteiger partial charge in [0, 0.05) is 0 Å². The van der Waals surface area contributed by atoms with Gasteiger partial charge in [-0.05, 0) is 17.7 Å². The minimum atomic E-state index is -0.800.